The van der Waals surface area contributed by atoms with E-state index in [1.165, 1.54) is 25.5 Å². The van der Waals surface area contributed by atoms with Crippen LogP contribution < -0.4 is 21.3 Å². The van der Waals surface area contributed by atoms with Gasteiger partial charge in [0.05, 0.1) is 133 Å². The van der Waals surface area contributed by atoms with E-state index in [0.717, 1.165) is 55.5 Å². The number of nitrogens with one attached hydrogen (secondary N) is 5. The zero-order valence-electron chi connectivity index (χ0n) is 55.9. The van der Waals surface area contributed by atoms with E-state index >= 15 is 0 Å². The number of amides is 4. The largest absolute Gasteiger partial charge is 0.361 e. The maximum Gasteiger partial charge on any atom is 0.275 e. The van der Waals surface area contributed by atoms with E-state index in [1.807, 2.05) is 97.1 Å². The number of hydrogen-bond donors (Lipinski definition) is 5. The molecular formula is C79H54Cl4N16O6S. The molecule has 0 aliphatic carbocycles. The number of fused-ring (bicyclic) bond motifs is 4. The second-order valence-corrected chi connectivity index (χ2v) is 25.9. The van der Waals surface area contributed by atoms with Crippen LogP contribution in [0.25, 0.3) is 89.2 Å². The number of H-pyrrole nitrogens is 1. The molecule has 8 aromatic heterocycles. The quantitative estimate of drug-likeness (QED) is 0.0670. The van der Waals surface area contributed by atoms with Crippen molar-refractivity contribution in [1.82, 2.24) is 60.0 Å². The van der Waals surface area contributed by atoms with Crippen molar-refractivity contribution < 1.29 is 28.5 Å². The lowest BCUT2D eigenvalue weighted by atomic mass is 10.1. The Morgan fingerprint density at radius 3 is 1.12 bits per heavy atom. The number of carbonyl (C=O) groups is 5. The zero-order valence-corrected chi connectivity index (χ0v) is 59.7. The number of anilines is 4. The van der Waals surface area contributed by atoms with E-state index in [1.54, 1.807) is 142 Å². The van der Waals surface area contributed by atoms with Crippen LogP contribution >= 0.6 is 57.7 Å². The second kappa shape index (κ2) is 32.6. The number of aromatic amines is 1. The van der Waals surface area contributed by atoms with Crippen molar-refractivity contribution in [3.8, 4) is 45.0 Å². The molecule has 520 valence electrons. The normalized spacial score (nSPS) is 10.8. The van der Waals surface area contributed by atoms with Gasteiger partial charge in [0.15, 0.2) is 5.78 Å². The highest BCUT2D eigenvalue weighted by molar-refractivity contribution is 7.16. The van der Waals surface area contributed by atoms with E-state index in [9.17, 15) is 24.0 Å². The van der Waals surface area contributed by atoms with Gasteiger partial charge < -0.3 is 30.8 Å². The number of hydrogen-bond acceptors (Lipinski definition) is 18. The number of aryl methyl sites for hydroxylation is 2. The van der Waals surface area contributed by atoms with Gasteiger partial charge in [0.2, 0.25) is 0 Å². The molecular weight excluding hydrogens is 1440 g/mol. The van der Waals surface area contributed by atoms with Crippen molar-refractivity contribution in [3.63, 3.8) is 0 Å². The lowest BCUT2D eigenvalue weighted by molar-refractivity contribution is 0.101. The molecule has 27 heteroatoms. The van der Waals surface area contributed by atoms with Gasteiger partial charge in [-0.3, -0.25) is 48.9 Å². The monoisotopic (exact) mass is 1490 g/mol. The van der Waals surface area contributed by atoms with Crippen LogP contribution in [0, 0.1) is 13.8 Å². The molecule has 16 rings (SSSR count). The van der Waals surface area contributed by atoms with Crippen LogP contribution in [0.5, 0.6) is 0 Å². The Morgan fingerprint density at radius 1 is 0.396 bits per heavy atom. The van der Waals surface area contributed by atoms with E-state index in [-0.39, 0.29) is 35.1 Å². The summed E-state index contributed by atoms with van der Waals surface area (Å²) < 4.78 is 5.06. The van der Waals surface area contributed by atoms with Gasteiger partial charge in [-0.05, 0) is 166 Å². The van der Waals surface area contributed by atoms with Gasteiger partial charge in [0, 0.05) is 63.6 Å². The number of rotatable bonds is 13. The number of Topliss-reactive ketones (excluding diaryl/α,β-unsaturated/α-hetero) is 1. The minimum Gasteiger partial charge on any atom is -0.361 e. The number of halogens is 4. The molecule has 0 aliphatic heterocycles. The first-order valence-corrected chi connectivity index (χ1v) is 34.5. The highest BCUT2D eigenvalue weighted by atomic mass is 35.5. The van der Waals surface area contributed by atoms with E-state index < -0.39 is 0 Å². The molecule has 0 unspecified atom stereocenters. The van der Waals surface area contributed by atoms with Crippen molar-refractivity contribution in [2.45, 2.75) is 20.8 Å². The van der Waals surface area contributed by atoms with Crippen molar-refractivity contribution >= 4 is 154 Å². The summed E-state index contributed by atoms with van der Waals surface area (Å²) in [4.78, 5) is 109. The fraction of sp³-hybridized carbons (Fsp3) is 0.0380. The fourth-order valence-corrected chi connectivity index (χ4v) is 12.3. The molecule has 0 saturated heterocycles. The Hall–Kier alpha value is -12.9. The van der Waals surface area contributed by atoms with Gasteiger partial charge in [-0.1, -0.05) is 100 Å². The van der Waals surface area contributed by atoms with Crippen molar-refractivity contribution in [2.24, 2.45) is 0 Å². The summed E-state index contributed by atoms with van der Waals surface area (Å²) in [6.45, 7) is 4.90. The predicted molar refractivity (Wildman–Crippen MR) is 415 cm³/mol. The third kappa shape index (κ3) is 17.1. The summed E-state index contributed by atoms with van der Waals surface area (Å²) in [6, 6.07) is 58.1. The highest BCUT2D eigenvalue weighted by Gasteiger charge is 2.21. The molecule has 0 aliphatic rings. The van der Waals surface area contributed by atoms with Crippen molar-refractivity contribution in [2.75, 3.05) is 21.3 Å². The van der Waals surface area contributed by atoms with Crippen LogP contribution in [0.4, 0.5) is 22.7 Å². The number of ketones is 1. The smallest absolute Gasteiger partial charge is 0.275 e. The van der Waals surface area contributed by atoms with Crippen LogP contribution in [-0.4, -0.2) is 89.4 Å². The summed E-state index contributed by atoms with van der Waals surface area (Å²) >= 11 is 26.5. The molecule has 5 N–H and O–H groups in total. The lowest BCUT2D eigenvalue weighted by Crippen LogP contribution is -2.13. The number of carbonyl (C=O) groups excluding carboxylic acids is 5. The molecule has 16 aromatic rings. The van der Waals surface area contributed by atoms with Gasteiger partial charge in [0.25, 0.3) is 23.6 Å². The molecule has 0 radical (unpaired) electrons. The second-order valence-electron chi connectivity index (χ2n) is 23.2. The van der Waals surface area contributed by atoms with Gasteiger partial charge >= 0.3 is 0 Å². The first-order chi connectivity index (χ1) is 51.4. The Kier molecular flexibility index (Phi) is 22.0. The first-order valence-electron chi connectivity index (χ1n) is 32.2. The number of benzene rings is 8. The number of aromatic nitrogens is 12. The van der Waals surface area contributed by atoms with Crippen LogP contribution in [0.2, 0.25) is 20.1 Å². The summed E-state index contributed by atoms with van der Waals surface area (Å²) in [5.41, 5.74) is 15.7. The molecule has 8 aromatic carbocycles. The van der Waals surface area contributed by atoms with Gasteiger partial charge in [0.1, 0.15) is 22.7 Å². The number of thiophene rings is 1. The van der Waals surface area contributed by atoms with Crippen LogP contribution in [0.15, 0.2) is 248 Å². The van der Waals surface area contributed by atoms with Crippen molar-refractivity contribution in [1.29, 1.82) is 0 Å². The molecule has 106 heavy (non-hydrogen) atoms. The molecule has 0 atom stereocenters. The maximum absolute atomic E-state index is 12.6. The van der Waals surface area contributed by atoms with E-state index in [4.69, 9.17) is 50.9 Å². The third-order valence-corrected chi connectivity index (χ3v) is 18.4. The topological polar surface area (TPSA) is 304 Å². The fourth-order valence-electron chi connectivity index (χ4n) is 10.7. The summed E-state index contributed by atoms with van der Waals surface area (Å²) in [5, 5.41) is 17.2. The minimum absolute atomic E-state index is 0.0623. The maximum atomic E-state index is 12.6. The van der Waals surface area contributed by atoms with Crippen LogP contribution in [-0.2, 0) is 0 Å². The third-order valence-electron chi connectivity index (χ3n) is 15.9. The Bertz CT molecular complexity index is 5990. The summed E-state index contributed by atoms with van der Waals surface area (Å²) in [6.07, 6.45) is 12.8. The predicted octanol–water partition coefficient (Wildman–Crippen LogP) is 18.8. The molecule has 22 nitrogen and oxygen atoms in total. The molecule has 0 saturated carbocycles. The first kappa shape index (κ1) is 71.5. The average Bonchev–Trinajstić information content (AvgIpc) is 0.865. The zero-order chi connectivity index (χ0) is 73.8. The minimum atomic E-state index is -0.351. The van der Waals surface area contributed by atoms with Gasteiger partial charge in [-0.25, -0.2) is 24.9 Å². The van der Waals surface area contributed by atoms with Crippen LogP contribution in [0.3, 0.4) is 0 Å². The molecule has 0 spiro atoms. The Morgan fingerprint density at radius 2 is 0.774 bits per heavy atom. The van der Waals surface area contributed by atoms with Crippen molar-refractivity contribution in [3.05, 3.63) is 302 Å². The van der Waals surface area contributed by atoms with E-state index in [0.29, 0.717) is 120 Å². The number of nitrogens with zero attached hydrogens (tertiary/aromatic N) is 11. The highest BCUT2D eigenvalue weighted by Crippen LogP contribution is 2.35. The molecule has 8 heterocycles. The van der Waals surface area contributed by atoms with Crippen LogP contribution in [0.1, 0.15) is 69.1 Å². The Balaban J connectivity index is 0.000000125. The summed E-state index contributed by atoms with van der Waals surface area (Å²) in [5.74, 6) is -0.731. The van der Waals surface area contributed by atoms with E-state index in [2.05, 4.69) is 81.2 Å². The number of para-hydroxylation sites is 8. The molecule has 0 bridgehead atoms. The lowest BCUT2D eigenvalue weighted by Gasteiger charge is -2.09. The standard InChI is InChI=1S/C21H14ClN3O2S.C20H15ClN4O2.C19H12ClN5O.C19H13ClN4O/c1-12(26)19-8-9-20(28-19)21(27)24-13-6-7-15(22)14(10-13)18-11-23-16-4-2-3-5-17(16)25-18;1-11-19(12(2)27-25-11)20(26)23-13-7-8-15(21)14(9-13)18-10-22-16-5-3-4-6-17(16)24-18;20-14-6-5-12(24-19(26)18-10-21-7-8-22-18)9-13(14)17-11-23-15-3-1-2-4-16(15)25-17;20-14-8-7-12(23-19(25)17-6-3-9-21-17)10-13(14)18-11-22-15-4-1-2-5-16(15)24-18/h2-11H,1H3,(H,24,27);3-10H,1-2H3,(H,23,26);1-11H,(H,24,26);1-11,21H,(H,23,25). The summed E-state index contributed by atoms with van der Waals surface area (Å²) in [7, 11) is 0. The van der Waals surface area contributed by atoms with Gasteiger partial charge in [-0.2, -0.15) is 0 Å². The van der Waals surface area contributed by atoms with Gasteiger partial charge in [-0.15, -0.1) is 11.3 Å². The molecule has 4 amide bonds. The Labute approximate surface area is 627 Å². The SMILES string of the molecule is CC(=O)c1ccc(C(=O)Nc2ccc(Cl)c(-c3cnc4ccccc4n3)c2)s1.Cc1noc(C)c1C(=O)Nc1ccc(Cl)c(-c2cnc3ccccc3n2)c1.O=C(Nc1ccc(Cl)c(-c2cnc3ccccc3n2)c1)c1ccc[nH]1.O=C(Nc1ccc(Cl)c(-c2cnc3ccccc3n2)c1)c1cnccn1. The molecule has 0 fully saturated rings. The average molecular weight is 1500 g/mol.